The highest BCUT2D eigenvalue weighted by Crippen LogP contribution is 2.26. The second-order valence-corrected chi connectivity index (χ2v) is 4.92. The molecule has 5 heteroatoms. The molecular weight excluding hydrogens is 294 g/mol. The minimum Gasteiger partial charge on any atom is -0.497 e. The lowest BCUT2D eigenvalue weighted by atomic mass is 10.2. The van der Waals surface area contributed by atoms with Gasteiger partial charge in [-0.2, -0.15) is 0 Å². The molecule has 23 heavy (non-hydrogen) atoms. The van der Waals surface area contributed by atoms with Gasteiger partial charge in [0, 0.05) is 23.9 Å². The summed E-state index contributed by atoms with van der Waals surface area (Å²) < 4.78 is 16.1. The maximum Gasteiger partial charge on any atom is 0.265 e. The van der Waals surface area contributed by atoms with E-state index in [0.717, 1.165) is 0 Å². The number of methoxy groups -OCH3 is 2. The fraction of sp³-hybridized carbons (Fsp3) is 0.278. The van der Waals surface area contributed by atoms with E-state index >= 15 is 0 Å². The molecule has 0 bridgehead atoms. The van der Waals surface area contributed by atoms with Crippen molar-refractivity contribution in [3.8, 4) is 17.2 Å². The largest absolute Gasteiger partial charge is 0.497 e. The highest BCUT2D eigenvalue weighted by atomic mass is 16.5. The Balaban J connectivity index is 2.10. The van der Waals surface area contributed by atoms with Gasteiger partial charge in [-0.3, -0.25) is 4.79 Å². The van der Waals surface area contributed by atoms with Gasteiger partial charge >= 0.3 is 0 Å². The smallest absolute Gasteiger partial charge is 0.265 e. The van der Waals surface area contributed by atoms with Crippen molar-refractivity contribution >= 4 is 11.6 Å². The molecule has 0 saturated carbocycles. The van der Waals surface area contributed by atoms with Crippen LogP contribution in [0, 0.1) is 0 Å². The van der Waals surface area contributed by atoms with Crippen LogP contribution in [0.25, 0.3) is 0 Å². The predicted molar refractivity (Wildman–Crippen MR) is 89.3 cm³/mol. The van der Waals surface area contributed by atoms with Crippen LogP contribution in [-0.2, 0) is 4.79 Å². The zero-order valence-corrected chi connectivity index (χ0v) is 13.5. The van der Waals surface area contributed by atoms with Gasteiger partial charge in [-0.15, -0.1) is 0 Å². The van der Waals surface area contributed by atoms with Crippen LogP contribution in [0.3, 0.4) is 0 Å². The van der Waals surface area contributed by atoms with Crippen molar-refractivity contribution in [1.29, 1.82) is 0 Å². The third kappa shape index (κ3) is 4.64. The van der Waals surface area contributed by atoms with Crippen LogP contribution in [0.5, 0.6) is 17.2 Å². The molecule has 0 radical (unpaired) electrons. The lowest BCUT2D eigenvalue weighted by Gasteiger charge is -2.18. The molecule has 122 valence electrons. The summed E-state index contributed by atoms with van der Waals surface area (Å²) in [6.07, 6.45) is -0.0171. The number of rotatable bonds is 7. The molecule has 2 aromatic rings. The molecule has 0 heterocycles. The Labute approximate surface area is 136 Å². The molecule has 2 aromatic carbocycles. The van der Waals surface area contributed by atoms with Gasteiger partial charge in [-0.1, -0.05) is 25.1 Å². The number of carbonyl (C=O) groups excluding carboxylic acids is 1. The summed E-state index contributed by atoms with van der Waals surface area (Å²) in [6.45, 7) is 1.90. The molecule has 0 aliphatic rings. The van der Waals surface area contributed by atoms with E-state index in [4.69, 9.17) is 14.2 Å². The second-order valence-electron chi connectivity index (χ2n) is 4.92. The summed E-state index contributed by atoms with van der Waals surface area (Å²) >= 11 is 0. The summed E-state index contributed by atoms with van der Waals surface area (Å²) in [4.78, 5) is 12.4. The quantitative estimate of drug-likeness (QED) is 0.849. The first-order chi connectivity index (χ1) is 11.2. The SMILES string of the molecule is CCC(Oc1ccccc1)C(=O)Nc1cc(OC)cc(OC)c1. The van der Waals surface area contributed by atoms with Gasteiger partial charge in [0.1, 0.15) is 17.2 Å². The summed E-state index contributed by atoms with van der Waals surface area (Å²) in [5, 5.41) is 2.84. The van der Waals surface area contributed by atoms with Gasteiger partial charge < -0.3 is 19.5 Å². The van der Waals surface area contributed by atoms with Gasteiger partial charge in [-0.25, -0.2) is 0 Å². The first-order valence-electron chi connectivity index (χ1n) is 7.42. The highest BCUT2D eigenvalue weighted by molar-refractivity contribution is 5.94. The molecule has 1 N–H and O–H groups in total. The normalized spacial score (nSPS) is 11.4. The Morgan fingerprint density at radius 3 is 2.13 bits per heavy atom. The Kier molecular flexibility index (Phi) is 5.86. The van der Waals surface area contributed by atoms with Gasteiger partial charge in [-0.05, 0) is 18.6 Å². The van der Waals surface area contributed by atoms with Crippen LogP contribution >= 0.6 is 0 Å². The first-order valence-corrected chi connectivity index (χ1v) is 7.42. The molecule has 1 unspecified atom stereocenters. The van der Waals surface area contributed by atoms with Crippen molar-refractivity contribution in [1.82, 2.24) is 0 Å². The average molecular weight is 315 g/mol. The van der Waals surface area contributed by atoms with Crippen molar-refractivity contribution in [3.63, 3.8) is 0 Å². The molecule has 0 fully saturated rings. The summed E-state index contributed by atoms with van der Waals surface area (Å²) in [5.41, 5.74) is 0.598. The van der Waals surface area contributed by atoms with Crippen molar-refractivity contribution < 1.29 is 19.0 Å². The number of para-hydroxylation sites is 1. The molecule has 0 aliphatic carbocycles. The van der Waals surface area contributed by atoms with Gasteiger partial charge in [0.25, 0.3) is 5.91 Å². The molecular formula is C18H21NO4. The molecule has 0 saturated heterocycles. The zero-order valence-electron chi connectivity index (χ0n) is 13.5. The lowest BCUT2D eigenvalue weighted by molar-refractivity contribution is -0.122. The van der Waals surface area contributed by atoms with E-state index in [1.54, 1.807) is 32.4 Å². The van der Waals surface area contributed by atoms with Crippen LogP contribution in [0.1, 0.15) is 13.3 Å². The van der Waals surface area contributed by atoms with E-state index in [1.165, 1.54) is 0 Å². The van der Waals surface area contributed by atoms with Crippen molar-refractivity contribution in [2.45, 2.75) is 19.4 Å². The van der Waals surface area contributed by atoms with Crippen LogP contribution in [-0.4, -0.2) is 26.2 Å². The summed E-state index contributed by atoms with van der Waals surface area (Å²) in [5.74, 6) is 1.66. The fourth-order valence-corrected chi connectivity index (χ4v) is 2.09. The number of carbonyl (C=O) groups is 1. The minimum atomic E-state index is -0.574. The molecule has 1 atom stereocenters. The van der Waals surface area contributed by atoms with E-state index < -0.39 is 6.10 Å². The lowest BCUT2D eigenvalue weighted by Crippen LogP contribution is -2.32. The third-order valence-electron chi connectivity index (χ3n) is 3.30. The topological polar surface area (TPSA) is 56.8 Å². The summed E-state index contributed by atoms with van der Waals surface area (Å²) in [6, 6.07) is 14.5. The minimum absolute atomic E-state index is 0.216. The van der Waals surface area contributed by atoms with E-state index in [0.29, 0.717) is 29.4 Å². The van der Waals surface area contributed by atoms with E-state index in [9.17, 15) is 4.79 Å². The standard InChI is InChI=1S/C18H21NO4/c1-4-17(23-14-8-6-5-7-9-14)18(20)19-13-10-15(21-2)12-16(11-13)22-3/h5-12,17H,4H2,1-3H3,(H,19,20). The van der Waals surface area contributed by atoms with Gasteiger partial charge in [0.05, 0.1) is 14.2 Å². The Bertz CT molecular complexity index is 620. The third-order valence-corrected chi connectivity index (χ3v) is 3.30. The van der Waals surface area contributed by atoms with E-state index in [2.05, 4.69) is 5.32 Å². The number of ether oxygens (including phenoxy) is 3. The fourth-order valence-electron chi connectivity index (χ4n) is 2.09. The Morgan fingerprint density at radius 2 is 1.61 bits per heavy atom. The van der Waals surface area contributed by atoms with E-state index in [1.807, 2.05) is 37.3 Å². The molecule has 0 aromatic heterocycles. The number of amides is 1. The van der Waals surface area contributed by atoms with Crippen molar-refractivity contribution in [2.24, 2.45) is 0 Å². The van der Waals surface area contributed by atoms with Gasteiger partial charge in [0.2, 0.25) is 0 Å². The number of anilines is 1. The molecule has 2 rings (SSSR count). The van der Waals surface area contributed by atoms with E-state index in [-0.39, 0.29) is 5.91 Å². The molecule has 5 nitrogen and oxygen atoms in total. The van der Waals surface area contributed by atoms with Crippen LogP contribution in [0.15, 0.2) is 48.5 Å². The Hall–Kier alpha value is -2.69. The van der Waals surface area contributed by atoms with Crippen LogP contribution in [0.4, 0.5) is 5.69 Å². The highest BCUT2D eigenvalue weighted by Gasteiger charge is 2.19. The maximum absolute atomic E-state index is 12.4. The van der Waals surface area contributed by atoms with Crippen LogP contribution < -0.4 is 19.5 Å². The number of benzene rings is 2. The van der Waals surface area contributed by atoms with Crippen molar-refractivity contribution in [3.05, 3.63) is 48.5 Å². The van der Waals surface area contributed by atoms with Crippen LogP contribution in [0.2, 0.25) is 0 Å². The first kappa shape index (κ1) is 16.7. The average Bonchev–Trinajstić information content (AvgIpc) is 2.59. The zero-order chi connectivity index (χ0) is 16.7. The monoisotopic (exact) mass is 315 g/mol. The molecule has 0 spiro atoms. The molecule has 1 amide bonds. The Morgan fingerprint density at radius 1 is 1.00 bits per heavy atom. The molecule has 0 aliphatic heterocycles. The second kappa shape index (κ2) is 8.08. The maximum atomic E-state index is 12.4. The van der Waals surface area contributed by atoms with Gasteiger partial charge in [0.15, 0.2) is 6.10 Å². The predicted octanol–water partition coefficient (Wildman–Crippen LogP) is 3.50. The number of hydrogen-bond donors (Lipinski definition) is 1. The van der Waals surface area contributed by atoms with Crippen molar-refractivity contribution in [2.75, 3.05) is 19.5 Å². The summed E-state index contributed by atoms with van der Waals surface area (Å²) in [7, 11) is 3.13. The number of hydrogen-bond acceptors (Lipinski definition) is 4. The number of nitrogens with one attached hydrogen (secondary N) is 1.